The highest BCUT2D eigenvalue weighted by molar-refractivity contribution is 9.10. The first kappa shape index (κ1) is 20.7. The minimum atomic E-state index is -1.28. The van der Waals surface area contributed by atoms with Crippen molar-refractivity contribution in [3.05, 3.63) is 85.8 Å². The summed E-state index contributed by atoms with van der Waals surface area (Å²) in [6.07, 6.45) is -0.810. The van der Waals surface area contributed by atoms with E-state index in [1.54, 1.807) is 0 Å². The SMILES string of the molecule is O=C(Nc1c(C(=O)O)cc(Cl)c(Br)c1Cl)OCC1c2ccccc2-c2ccccc21. The van der Waals surface area contributed by atoms with Crippen LogP contribution in [0.2, 0.25) is 10.0 Å². The van der Waals surface area contributed by atoms with Gasteiger partial charge in [0.2, 0.25) is 0 Å². The van der Waals surface area contributed by atoms with Crippen molar-refractivity contribution in [1.29, 1.82) is 0 Å². The second-order valence-corrected chi connectivity index (χ2v) is 8.24. The summed E-state index contributed by atoms with van der Waals surface area (Å²) in [6, 6.07) is 17.1. The van der Waals surface area contributed by atoms with Crippen molar-refractivity contribution in [3.63, 3.8) is 0 Å². The van der Waals surface area contributed by atoms with Gasteiger partial charge in [0, 0.05) is 5.92 Å². The molecule has 4 rings (SSSR count). The Bertz CT molecular complexity index is 1140. The molecule has 5 nitrogen and oxygen atoms in total. The van der Waals surface area contributed by atoms with E-state index in [9.17, 15) is 14.7 Å². The lowest BCUT2D eigenvalue weighted by molar-refractivity contribution is 0.0698. The number of carbonyl (C=O) groups excluding carboxylic acids is 1. The third-order valence-corrected chi connectivity index (χ3v) is 6.92. The van der Waals surface area contributed by atoms with Gasteiger partial charge in [-0.3, -0.25) is 5.32 Å². The van der Waals surface area contributed by atoms with Crippen LogP contribution >= 0.6 is 39.1 Å². The second kappa shape index (κ2) is 8.30. The number of carbonyl (C=O) groups is 2. The fourth-order valence-corrected chi connectivity index (χ4v) is 4.44. The van der Waals surface area contributed by atoms with E-state index in [1.165, 1.54) is 6.07 Å². The number of anilines is 1. The van der Waals surface area contributed by atoms with Crippen molar-refractivity contribution >= 4 is 56.9 Å². The maximum absolute atomic E-state index is 12.5. The van der Waals surface area contributed by atoms with Crippen LogP contribution in [0.1, 0.15) is 27.4 Å². The quantitative estimate of drug-likeness (QED) is 0.381. The van der Waals surface area contributed by atoms with Gasteiger partial charge in [0.15, 0.2) is 0 Å². The Hall–Kier alpha value is -2.54. The molecule has 1 aliphatic rings. The molecular weight excluding hydrogens is 493 g/mol. The highest BCUT2D eigenvalue weighted by Gasteiger charge is 2.29. The number of aromatic carboxylic acids is 1. The number of benzene rings is 3. The monoisotopic (exact) mass is 505 g/mol. The van der Waals surface area contributed by atoms with Gasteiger partial charge in [0.25, 0.3) is 0 Å². The van der Waals surface area contributed by atoms with Gasteiger partial charge in [-0.2, -0.15) is 0 Å². The largest absolute Gasteiger partial charge is 0.478 e. The van der Waals surface area contributed by atoms with Crippen LogP contribution in [0, 0.1) is 0 Å². The number of amides is 1. The van der Waals surface area contributed by atoms with Crippen molar-refractivity contribution < 1.29 is 19.4 Å². The average Bonchev–Trinajstić information content (AvgIpc) is 3.06. The Morgan fingerprint density at radius 2 is 1.60 bits per heavy atom. The number of carboxylic acid groups (broad SMARTS) is 1. The maximum Gasteiger partial charge on any atom is 0.411 e. The first-order chi connectivity index (χ1) is 14.4. The molecule has 0 saturated carbocycles. The van der Waals surface area contributed by atoms with Crippen LogP contribution in [0.5, 0.6) is 0 Å². The summed E-state index contributed by atoms with van der Waals surface area (Å²) in [5.74, 6) is -1.39. The number of hydrogen-bond acceptors (Lipinski definition) is 3. The van der Waals surface area contributed by atoms with E-state index < -0.39 is 12.1 Å². The molecule has 0 radical (unpaired) electrons. The van der Waals surface area contributed by atoms with E-state index in [1.807, 2.05) is 48.5 Å². The molecule has 0 unspecified atom stereocenters. The van der Waals surface area contributed by atoms with Crippen molar-refractivity contribution in [3.8, 4) is 11.1 Å². The molecule has 30 heavy (non-hydrogen) atoms. The second-order valence-electron chi connectivity index (χ2n) is 6.66. The Labute approximate surface area is 190 Å². The number of halogens is 3. The highest BCUT2D eigenvalue weighted by atomic mass is 79.9. The molecule has 8 heteroatoms. The molecule has 0 spiro atoms. The van der Waals surface area contributed by atoms with Gasteiger partial charge in [-0.1, -0.05) is 71.7 Å². The number of nitrogens with one attached hydrogen (secondary N) is 1. The summed E-state index contributed by atoms with van der Waals surface area (Å²) in [4.78, 5) is 24.0. The van der Waals surface area contributed by atoms with Crippen LogP contribution in [-0.2, 0) is 4.74 Å². The molecule has 1 aliphatic carbocycles. The van der Waals surface area contributed by atoms with Gasteiger partial charge in [0.05, 0.1) is 25.8 Å². The molecule has 3 aromatic carbocycles. The first-order valence-corrected chi connectivity index (χ1v) is 10.5. The number of hydrogen-bond donors (Lipinski definition) is 2. The Morgan fingerprint density at radius 1 is 1.03 bits per heavy atom. The molecule has 2 N–H and O–H groups in total. The van der Waals surface area contributed by atoms with Crippen molar-refractivity contribution in [1.82, 2.24) is 0 Å². The van der Waals surface area contributed by atoms with Gasteiger partial charge >= 0.3 is 12.1 Å². The van der Waals surface area contributed by atoms with Gasteiger partial charge in [-0.05, 0) is 44.3 Å². The van der Waals surface area contributed by atoms with Crippen molar-refractivity contribution in [2.75, 3.05) is 11.9 Å². The topological polar surface area (TPSA) is 75.6 Å². The Kier molecular flexibility index (Phi) is 5.73. The smallest absolute Gasteiger partial charge is 0.411 e. The summed E-state index contributed by atoms with van der Waals surface area (Å²) in [5.41, 5.74) is 4.05. The number of ether oxygens (including phenoxy) is 1. The van der Waals surface area contributed by atoms with Gasteiger partial charge < -0.3 is 9.84 Å². The van der Waals surface area contributed by atoms with E-state index in [2.05, 4.69) is 21.2 Å². The molecule has 3 aromatic rings. The number of carboxylic acids is 1. The van der Waals surface area contributed by atoms with Crippen LogP contribution in [0.4, 0.5) is 10.5 Å². The normalized spacial score (nSPS) is 12.2. The molecular formula is C22H14BrCl2NO4. The summed E-state index contributed by atoms with van der Waals surface area (Å²) >= 11 is 15.3. The summed E-state index contributed by atoms with van der Waals surface area (Å²) in [7, 11) is 0. The molecule has 0 aliphatic heterocycles. The van der Waals surface area contributed by atoms with E-state index in [0.29, 0.717) is 0 Å². The van der Waals surface area contributed by atoms with Gasteiger partial charge in [-0.15, -0.1) is 0 Å². The van der Waals surface area contributed by atoms with E-state index in [-0.39, 0.29) is 38.3 Å². The fraction of sp³-hybridized carbons (Fsp3) is 0.0909. The predicted molar refractivity (Wildman–Crippen MR) is 120 cm³/mol. The van der Waals surface area contributed by atoms with Gasteiger partial charge in [0.1, 0.15) is 6.61 Å². The summed E-state index contributed by atoms with van der Waals surface area (Å²) in [6.45, 7) is 0.0919. The van der Waals surface area contributed by atoms with E-state index in [4.69, 9.17) is 27.9 Å². The van der Waals surface area contributed by atoms with E-state index >= 15 is 0 Å². The lowest BCUT2D eigenvalue weighted by Crippen LogP contribution is -2.19. The van der Waals surface area contributed by atoms with Crippen LogP contribution in [0.15, 0.2) is 59.1 Å². The lowest BCUT2D eigenvalue weighted by Gasteiger charge is -2.16. The maximum atomic E-state index is 12.5. The molecule has 1 amide bonds. The minimum absolute atomic E-state index is 0.0200. The van der Waals surface area contributed by atoms with Gasteiger partial charge in [-0.25, -0.2) is 9.59 Å². The third-order valence-electron chi connectivity index (χ3n) is 4.96. The molecule has 0 fully saturated rings. The Morgan fingerprint density at radius 3 is 2.17 bits per heavy atom. The molecule has 0 heterocycles. The van der Waals surface area contributed by atoms with Crippen LogP contribution < -0.4 is 5.32 Å². The standard InChI is InChI=1S/C22H14BrCl2NO4/c23-18-17(24)9-15(21(27)28)20(19(18)25)26-22(29)30-10-16-13-7-3-1-5-11(13)12-6-2-4-8-14(12)16/h1-9,16H,10H2,(H,26,29)(H,27,28). The van der Waals surface area contributed by atoms with E-state index in [0.717, 1.165) is 22.3 Å². The zero-order chi connectivity index (χ0) is 21.4. The summed E-state index contributed by atoms with van der Waals surface area (Å²) in [5, 5.41) is 12.0. The van der Waals surface area contributed by atoms with Crippen LogP contribution in [0.3, 0.4) is 0 Å². The average molecular weight is 507 g/mol. The molecule has 0 bridgehead atoms. The minimum Gasteiger partial charge on any atom is -0.478 e. The zero-order valence-corrected chi connectivity index (χ0v) is 18.4. The first-order valence-electron chi connectivity index (χ1n) is 8.91. The van der Waals surface area contributed by atoms with Crippen molar-refractivity contribution in [2.24, 2.45) is 0 Å². The highest BCUT2D eigenvalue weighted by Crippen LogP contribution is 2.44. The van der Waals surface area contributed by atoms with Crippen LogP contribution in [0.25, 0.3) is 11.1 Å². The third kappa shape index (κ3) is 3.67. The summed E-state index contributed by atoms with van der Waals surface area (Å²) < 4.78 is 5.74. The molecule has 152 valence electrons. The molecule has 0 aromatic heterocycles. The van der Waals surface area contributed by atoms with Crippen molar-refractivity contribution in [2.45, 2.75) is 5.92 Å². The number of fused-ring (bicyclic) bond motifs is 3. The number of rotatable bonds is 4. The molecule has 0 atom stereocenters. The van der Waals surface area contributed by atoms with Crippen LogP contribution in [-0.4, -0.2) is 23.8 Å². The lowest BCUT2D eigenvalue weighted by atomic mass is 9.98. The zero-order valence-electron chi connectivity index (χ0n) is 15.3. The fourth-order valence-electron chi connectivity index (χ4n) is 3.62. The predicted octanol–water partition coefficient (Wildman–Crippen LogP) is 6.82. The molecule has 0 saturated heterocycles. The Balaban J connectivity index is 1.56.